The highest BCUT2D eigenvalue weighted by atomic mass is 19.1. The number of tetrazole rings is 1. The molecule has 4 rings (SSSR count). The van der Waals surface area contributed by atoms with Gasteiger partial charge in [-0.15, -0.1) is 14.8 Å². The quantitative estimate of drug-likeness (QED) is 0.598. The lowest BCUT2D eigenvalue weighted by atomic mass is 10.2. The fraction of sp³-hybridized carbons (Fsp3) is 0.0625. The van der Waals surface area contributed by atoms with Crippen molar-refractivity contribution in [2.75, 3.05) is 5.32 Å². The Kier molecular flexibility index (Phi) is 3.87. The summed E-state index contributed by atoms with van der Waals surface area (Å²) in [6.45, 7) is 0.394. The van der Waals surface area contributed by atoms with Gasteiger partial charge in [0.25, 0.3) is 0 Å². The number of halogens is 1. The summed E-state index contributed by atoms with van der Waals surface area (Å²) in [6, 6.07) is 11.7. The van der Waals surface area contributed by atoms with Crippen LogP contribution in [-0.2, 0) is 6.54 Å². The maximum atomic E-state index is 14.2. The largest absolute Gasteiger partial charge is 0.453 e. The monoisotopic (exact) mass is 337 g/mol. The molecule has 124 valence electrons. The van der Waals surface area contributed by atoms with Gasteiger partial charge in [-0.25, -0.2) is 4.39 Å². The zero-order chi connectivity index (χ0) is 17.1. The average molecular weight is 337 g/mol. The van der Waals surface area contributed by atoms with Crippen LogP contribution in [0.25, 0.3) is 5.65 Å². The van der Waals surface area contributed by atoms with Crippen molar-refractivity contribution in [2.24, 2.45) is 0 Å². The van der Waals surface area contributed by atoms with Crippen molar-refractivity contribution in [2.45, 2.75) is 6.54 Å². The molecule has 0 aliphatic rings. The summed E-state index contributed by atoms with van der Waals surface area (Å²) in [5.41, 5.74) is 1.29. The molecule has 0 amide bonds. The zero-order valence-corrected chi connectivity index (χ0v) is 12.9. The standard InChI is InChI=1S/C16H12FN7O/c17-13-8-11(3-4-14(13)25-12-2-1-7-18-10-12)9-19-15-5-6-16-20-22-23-24(16)21-15/h1-8,10H,9H2,(H,19,21). The first-order chi connectivity index (χ1) is 12.3. The van der Waals surface area contributed by atoms with Crippen molar-refractivity contribution in [3.63, 3.8) is 0 Å². The number of hydrogen-bond acceptors (Lipinski definition) is 7. The third-order valence-electron chi connectivity index (χ3n) is 3.40. The Morgan fingerprint density at radius 1 is 1.16 bits per heavy atom. The number of anilines is 1. The molecule has 25 heavy (non-hydrogen) atoms. The van der Waals surface area contributed by atoms with Crippen molar-refractivity contribution < 1.29 is 9.13 Å². The van der Waals surface area contributed by atoms with Crippen LogP contribution in [0, 0.1) is 5.82 Å². The van der Waals surface area contributed by atoms with E-state index in [2.05, 4.69) is 30.9 Å². The van der Waals surface area contributed by atoms with Crippen molar-refractivity contribution >= 4 is 11.5 Å². The second-order valence-electron chi connectivity index (χ2n) is 5.15. The van der Waals surface area contributed by atoms with Gasteiger partial charge in [0.15, 0.2) is 17.2 Å². The molecule has 9 heteroatoms. The van der Waals surface area contributed by atoms with Crippen LogP contribution < -0.4 is 10.1 Å². The number of hydrogen-bond donors (Lipinski definition) is 1. The summed E-state index contributed by atoms with van der Waals surface area (Å²) >= 11 is 0. The molecule has 0 unspecified atom stereocenters. The Morgan fingerprint density at radius 3 is 2.96 bits per heavy atom. The van der Waals surface area contributed by atoms with Crippen LogP contribution in [0.15, 0.2) is 54.9 Å². The van der Waals surface area contributed by atoms with Gasteiger partial charge in [-0.05, 0) is 52.4 Å². The topological polar surface area (TPSA) is 90.1 Å². The molecule has 0 bridgehead atoms. The molecule has 0 saturated heterocycles. The summed E-state index contributed by atoms with van der Waals surface area (Å²) in [6.07, 6.45) is 3.15. The Hall–Kier alpha value is -3.62. The Morgan fingerprint density at radius 2 is 2.12 bits per heavy atom. The number of pyridine rings is 1. The van der Waals surface area contributed by atoms with E-state index in [1.807, 2.05) is 0 Å². The number of fused-ring (bicyclic) bond motifs is 1. The summed E-state index contributed by atoms with van der Waals surface area (Å²) in [5.74, 6) is 0.749. The zero-order valence-electron chi connectivity index (χ0n) is 12.9. The number of ether oxygens (including phenoxy) is 1. The van der Waals surface area contributed by atoms with E-state index in [1.165, 1.54) is 16.9 Å². The normalized spacial score (nSPS) is 10.8. The molecule has 0 aliphatic heterocycles. The van der Waals surface area contributed by atoms with Crippen molar-refractivity contribution in [1.29, 1.82) is 0 Å². The van der Waals surface area contributed by atoms with Gasteiger partial charge in [0, 0.05) is 12.7 Å². The minimum atomic E-state index is -0.452. The Labute approximate surface area is 141 Å². The van der Waals surface area contributed by atoms with Crippen LogP contribution in [0.1, 0.15) is 5.56 Å². The lowest BCUT2D eigenvalue weighted by Gasteiger charge is -2.09. The number of nitrogens with zero attached hydrogens (tertiary/aromatic N) is 6. The first kappa shape index (κ1) is 14.9. The summed E-state index contributed by atoms with van der Waals surface area (Å²) in [5, 5.41) is 18.3. The molecule has 4 aromatic rings. The minimum absolute atomic E-state index is 0.144. The fourth-order valence-electron chi connectivity index (χ4n) is 2.21. The molecular weight excluding hydrogens is 325 g/mol. The molecule has 0 atom stereocenters. The highest BCUT2D eigenvalue weighted by Crippen LogP contribution is 2.24. The smallest absolute Gasteiger partial charge is 0.200 e. The predicted molar refractivity (Wildman–Crippen MR) is 86.6 cm³/mol. The summed E-state index contributed by atoms with van der Waals surface area (Å²) in [7, 11) is 0. The molecule has 3 aromatic heterocycles. The Bertz CT molecular complexity index is 1010. The second-order valence-corrected chi connectivity index (χ2v) is 5.15. The fourth-order valence-corrected chi connectivity index (χ4v) is 2.21. The number of aromatic nitrogens is 6. The summed E-state index contributed by atoms with van der Waals surface area (Å²) in [4.78, 5) is 3.93. The van der Waals surface area contributed by atoms with Crippen LogP contribution in [0.2, 0.25) is 0 Å². The van der Waals surface area contributed by atoms with Crippen LogP contribution in [0.3, 0.4) is 0 Å². The van der Waals surface area contributed by atoms with E-state index in [1.54, 1.807) is 42.6 Å². The first-order valence-electron chi connectivity index (χ1n) is 7.43. The van der Waals surface area contributed by atoms with E-state index in [9.17, 15) is 4.39 Å². The third kappa shape index (κ3) is 3.34. The van der Waals surface area contributed by atoms with Crippen molar-refractivity contribution in [3.05, 3.63) is 66.2 Å². The van der Waals surface area contributed by atoms with E-state index in [-0.39, 0.29) is 5.75 Å². The molecule has 0 spiro atoms. The number of nitrogens with one attached hydrogen (secondary N) is 1. The minimum Gasteiger partial charge on any atom is -0.453 e. The van der Waals surface area contributed by atoms with Gasteiger partial charge in [0.1, 0.15) is 11.6 Å². The predicted octanol–water partition coefficient (Wildman–Crippen LogP) is 2.46. The van der Waals surface area contributed by atoms with Gasteiger partial charge in [-0.2, -0.15) is 0 Å². The second kappa shape index (κ2) is 6.48. The van der Waals surface area contributed by atoms with E-state index in [0.717, 1.165) is 5.56 Å². The van der Waals surface area contributed by atoms with E-state index < -0.39 is 5.82 Å². The molecule has 3 heterocycles. The maximum absolute atomic E-state index is 14.2. The SMILES string of the molecule is Fc1cc(CNc2ccc3nnnn3n2)ccc1Oc1cccnc1. The molecule has 0 aliphatic carbocycles. The van der Waals surface area contributed by atoms with Crippen LogP contribution in [-0.4, -0.2) is 30.2 Å². The van der Waals surface area contributed by atoms with Gasteiger partial charge < -0.3 is 10.1 Å². The van der Waals surface area contributed by atoms with Gasteiger partial charge in [0.05, 0.1) is 6.20 Å². The van der Waals surface area contributed by atoms with E-state index >= 15 is 0 Å². The van der Waals surface area contributed by atoms with Gasteiger partial charge in [-0.3, -0.25) is 4.98 Å². The molecule has 1 N–H and O–H groups in total. The number of benzene rings is 1. The van der Waals surface area contributed by atoms with Crippen molar-refractivity contribution in [3.8, 4) is 11.5 Å². The van der Waals surface area contributed by atoms with Crippen LogP contribution >= 0.6 is 0 Å². The summed E-state index contributed by atoms with van der Waals surface area (Å²) < 4.78 is 21.0. The average Bonchev–Trinajstić information content (AvgIpc) is 3.11. The third-order valence-corrected chi connectivity index (χ3v) is 3.40. The van der Waals surface area contributed by atoms with E-state index in [4.69, 9.17) is 4.74 Å². The molecule has 0 fully saturated rings. The maximum Gasteiger partial charge on any atom is 0.200 e. The van der Waals surface area contributed by atoms with E-state index in [0.29, 0.717) is 23.8 Å². The Balaban J connectivity index is 1.45. The van der Waals surface area contributed by atoms with Gasteiger partial charge in [-0.1, -0.05) is 6.07 Å². The lowest BCUT2D eigenvalue weighted by Crippen LogP contribution is -2.05. The highest BCUT2D eigenvalue weighted by molar-refractivity contribution is 5.43. The highest BCUT2D eigenvalue weighted by Gasteiger charge is 2.07. The van der Waals surface area contributed by atoms with Crippen molar-refractivity contribution in [1.82, 2.24) is 30.2 Å². The van der Waals surface area contributed by atoms with Gasteiger partial charge >= 0.3 is 0 Å². The lowest BCUT2D eigenvalue weighted by molar-refractivity contribution is 0.440. The van der Waals surface area contributed by atoms with Crippen LogP contribution in [0.5, 0.6) is 11.5 Å². The molecule has 0 radical (unpaired) electrons. The molecule has 1 aromatic carbocycles. The molecule has 8 nitrogen and oxygen atoms in total. The van der Waals surface area contributed by atoms with Gasteiger partial charge in [0.2, 0.25) is 0 Å². The number of rotatable bonds is 5. The molecular formula is C16H12FN7O. The first-order valence-corrected chi connectivity index (χ1v) is 7.43. The van der Waals surface area contributed by atoms with Crippen LogP contribution in [0.4, 0.5) is 10.2 Å². The molecule has 0 saturated carbocycles.